The Morgan fingerprint density at radius 1 is 1.11 bits per heavy atom. The molecule has 28 heavy (non-hydrogen) atoms. The highest BCUT2D eigenvalue weighted by atomic mass is 16.5. The van der Waals surface area contributed by atoms with Crippen molar-refractivity contribution in [1.29, 1.82) is 0 Å². The van der Waals surface area contributed by atoms with Crippen LogP contribution in [-0.4, -0.2) is 60.3 Å². The molecule has 1 aromatic carbocycles. The van der Waals surface area contributed by atoms with Gasteiger partial charge in [-0.3, -0.25) is 9.69 Å². The number of nitrogens with one attached hydrogen (secondary N) is 1. The second-order valence-electron chi connectivity index (χ2n) is 8.19. The first kappa shape index (κ1) is 19.4. The van der Waals surface area contributed by atoms with E-state index in [4.69, 9.17) is 10.5 Å². The van der Waals surface area contributed by atoms with E-state index in [2.05, 4.69) is 51.3 Å². The van der Waals surface area contributed by atoms with E-state index in [1.165, 1.54) is 10.9 Å². The maximum absolute atomic E-state index is 12.9. The molecule has 2 saturated heterocycles. The van der Waals surface area contributed by atoms with Crippen molar-refractivity contribution in [2.45, 2.75) is 44.3 Å². The third-order valence-corrected chi connectivity index (χ3v) is 6.22. The van der Waals surface area contributed by atoms with Crippen LogP contribution in [0.25, 0.3) is 10.9 Å². The molecule has 3 heterocycles. The average molecular weight is 385 g/mol. The van der Waals surface area contributed by atoms with Gasteiger partial charge in [0.25, 0.3) is 0 Å². The highest BCUT2D eigenvalue weighted by Crippen LogP contribution is 2.22. The molecule has 0 unspecified atom stereocenters. The van der Waals surface area contributed by atoms with E-state index in [9.17, 15) is 4.79 Å². The number of hydrogen-bond acceptors (Lipinski definition) is 4. The Morgan fingerprint density at radius 2 is 1.93 bits per heavy atom. The summed E-state index contributed by atoms with van der Waals surface area (Å²) >= 11 is 0. The van der Waals surface area contributed by atoms with Crippen molar-refractivity contribution in [1.82, 2.24) is 14.8 Å². The minimum absolute atomic E-state index is 0.0257. The van der Waals surface area contributed by atoms with Crippen LogP contribution in [0.15, 0.2) is 36.5 Å². The van der Waals surface area contributed by atoms with Crippen LogP contribution in [-0.2, 0) is 16.1 Å². The molecule has 1 aromatic heterocycles. The molecule has 2 aliphatic rings. The Morgan fingerprint density at radius 3 is 2.79 bits per heavy atom. The molecule has 0 radical (unpaired) electrons. The van der Waals surface area contributed by atoms with Gasteiger partial charge in [-0.05, 0) is 43.2 Å². The molecule has 0 aliphatic carbocycles. The highest BCUT2D eigenvalue weighted by molar-refractivity contribution is 5.80. The lowest BCUT2D eigenvalue weighted by Crippen LogP contribution is -2.47. The number of carbonyl (C=O) groups is 1. The number of nitrogens with zero attached hydrogens (tertiary/aromatic N) is 2. The van der Waals surface area contributed by atoms with Gasteiger partial charge in [0.05, 0.1) is 5.92 Å². The molecule has 3 N–H and O–H groups in total. The van der Waals surface area contributed by atoms with Gasteiger partial charge in [0.2, 0.25) is 5.91 Å². The molecule has 2 fully saturated rings. The number of carbonyl (C=O) groups excluding carboxylic acids is 1. The minimum atomic E-state index is 0.0257. The second-order valence-corrected chi connectivity index (χ2v) is 8.19. The van der Waals surface area contributed by atoms with Crippen LogP contribution in [0.3, 0.4) is 0 Å². The van der Waals surface area contributed by atoms with Gasteiger partial charge >= 0.3 is 0 Å². The maximum Gasteiger partial charge on any atom is 0.224 e. The number of likely N-dealkylation sites (tertiary alicyclic amines) is 1. The van der Waals surface area contributed by atoms with Gasteiger partial charge in [-0.15, -0.1) is 0 Å². The number of aromatic nitrogens is 1. The molecule has 0 bridgehead atoms. The number of nitrogens with two attached hydrogens (primary N) is 1. The summed E-state index contributed by atoms with van der Waals surface area (Å²) in [6.45, 7) is 4.78. The van der Waals surface area contributed by atoms with Crippen molar-refractivity contribution in [2.75, 3.05) is 32.8 Å². The van der Waals surface area contributed by atoms with Crippen LogP contribution in [0.4, 0.5) is 0 Å². The number of fused-ring (bicyclic) bond motifs is 1. The zero-order chi connectivity index (χ0) is 19.3. The summed E-state index contributed by atoms with van der Waals surface area (Å²) in [7, 11) is 0. The molecule has 152 valence electrons. The first-order valence-corrected chi connectivity index (χ1v) is 10.6. The predicted octanol–water partition coefficient (Wildman–Crippen LogP) is 1.98. The Kier molecular flexibility index (Phi) is 6.29. The summed E-state index contributed by atoms with van der Waals surface area (Å²) in [4.78, 5) is 15.3. The number of amides is 1. The maximum atomic E-state index is 12.9. The largest absolute Gasteiger partial charge is 0.381 e. The Bertz CT molecular complexity index is 784. The van der Waals surface area contributed by atoms with E-state index in [-0.39, 0.29) is 17.9 Å². The molecule has 6 nitrogen and oxygen atoms in total. The lowest BCUT2D eigenvalue weighted by molar-refractivity contribution is -0.126. The van der Waals surface area contributed by atoms with Crippen molar-refractivity contribution >= 4 is 16.8 Å². The summed E-state index contributed by atoms with van der Waals surface area (Å²) in [6.07, 6.45) is 5.97. The van der Waals surface area contributed by atoms with Crippen LogP contribution in [0.2, 0.25) is 0 Å². The fourth-order valence-corrected chi connectivity index (χ4v) is 4.60. The monoisotopic (exact) mass is 384 g/mol. The number of benzene rings is 1. The smallest absolute Gasteiger partial charge is 0.224 e. The van der Waals surface area contributed by atoms with Gasteiger partial charge in [-0.1, -0.05) is 18.2 Å². The van der Waals surface area contributed by atoms with Gasteiger partial charge in [-0.25, -0.2) is 0 Å². The Labute approximate surface area is 167 Å². The number of rotatable bonds is 5. The van der Waals surface area contributed by atoms with E-state index in [0.29, 0.717) is 12.6 Å². The van der Waals surface area contributed by atoms with E-state index < -0.39 is 0 Å². The molecule has 2 atom stereocenters. The standard InChI is InChI=1S/C22H32N4O2/c23-19-6-5-18(15-26(16-19)20-8-13-28-14-9-20)22(27)24-10-12-25-11-7-17-3-1-2-4-21(17)25/h1-4,7,11,18-20H,5-6,8-10,12-16,23H2,(H,24,27)/t18-,19+/m1/s1. The van der Waals surface area contributed by atoms with Crippen LogP contribution in [0, 0.1) is 5.92 Å². The zero-order valence-corrected chi connectivity index (χ0v) is 16.6. The quantitative estimate of drug-likeness (QED) is 0.827. The Balaban J connectivity index is 1.32. The van der Waals surface area contributed by atoms with Gasteiger partial charge in [-0.2, -0.15) is 0 Å². The number of para-hydroxylation sites is 1. The molecule has 2 aliphatic heterocycles. The van der Waals surface area contributed by atoms with Crippen LogP contribution < -0.4 is 11.1 Å². The molecule has 1 amide bonds. The zero-order valence-electron chi connectivity index (χ0n) is 16.6. The van der Waals surface area contributed by atoms with E-state index in [1.807, 2.05) is 0 Å². The third-order valence-electron chi connectivity index (χ3n) is 6.22. The first-order chi connectivity index (χ1) is 13.7. The van der Waals surface area contributed by atoms with Crippen LogP contribution >= 0.6 is 0 Å². The van der Waals surface area contributed by atoms with Crippen molar-refractivity contribution in [2.24, 2.45) is 11.7 Å². The van der Waals surface area contributed by atoms with E-state index in [1.54, 1.807) is 0 Å². The SMILES string of the molecule is N[C@H]1CC[C@@H](C(=O)NCCn2ccc3ccccc32)CN(C2CCOCC2)C1. The molecule has 0 spiro atoms. The summed E-state index contributed by atoms with van der Waals surface area (Å²) < 4.78 is 7.70. The van der Waals surface area contributed by atoms with Gasteiger partial charge in [0.1, 0.15) is 0 Å². The number of ether oxygens (including phenoxy) is 1. The summed E-state index contributed by atoms with van der Waals surface area (Å²) in [5.41, 5.74) is 7.51. The summed E-state index contributed by atoms with van der Waals surface area (Å²) in [5, 5.41) is 4.40. The fourth-order valence-electron chi connectivity index (χ4n) is 4.60. The average Bonchev–Trinajstić information content (AvgIpc) is 3.03. The van der Waals surface area contributed by atoms with E-state index >= 15 is 0 Å². The van der Waals surface area contributed by atoms with Crippen LogP contribution in [0.1, 0.15) is 25.7 Å². The van der Waals surface area contributed by atoms with Crippen LogP contribution in [0.5, 0.6) is 0 Å². The topological polar surface area (TPSA) is 72.5 Å². The molecular weight excluding hydrogens is 352 g/mol. The normalized spacial score (nSPS) is 24.9. The van der Waals surface area contributed by atoms with Gasteiger partial charge in [0, 0.05) is 63.2 Å². The summed E-state index contributed by atoms with van der Waals surface area (Å²) in [5.74, 6) is 0.195. The van der Waals surface area contributed by atoms with Gasteiger partial charge < -0.3 is 20.4 Å². The molecule has 2 aromatic rings. The molecule has 0 saturated carbocycles. The fraction of sp³-hybridized carbons (Fsp3) is 0.591. The van der Waals surface area contributed by atoms with Crippen molar-refractivity contribution in [3.8, 4) is 0 Å². The van der Waals surface area contributed by atoms with Gasteiger partial charge in [0.15, 0.2) is 0 Å². The third kappa shape index (κ3) is 4.57. The molecular formula is C22H32N4O2. The predicted molar refractivity (Wildman–Crippen MR) is 111 cm³/mol. The first-order valence-electron chi connectivity index (χ1n) is 10.6. The number of hydrogen-bond donors (Lipinski definition) is 2. The van der Waals surface area contributed by atoms with Crippen molar-refractivity contribution < 1.29 is 9.53 Å². The van der Waals surface area contributed by atoms with E-state index in [0.717, 1.165) is 58.5 Å². The lowest BCUT2D eigenvalue weighted by atomic mass is 10.0. The minimum Gasteiger partial charge on any atom is -0.381 e. The van der Waals surface area contributed by atoms with Crippen molar-refractivity contribution in [3.05, 3.63) is 36.5 Å². The highest BCUT2D eigenvalue weighted by Gasteiger charge is 2.31. The molecule has 4 rings (SSSR count). The Hall–Kier alpha value is -1.89. The van der Waals surface area contributed by atoms with Crippen molar-refractivity contribution in [3.63, 3.8) is 0 Å². The second kappa shape index (κ2) is 9.07. The lowest BCUT2D eigenvalue weighted by Gasteiger charge is -2.35. The summed E-state index contributed by atoms with van der Waals surface area (Å²) in [6, 6.07) is 11.1. The molecule has 6 heteroatoms.